The number of phosphoric ester groups is 2. The molecule has 0 aromatic rings. The van der Waals surface area contributed by atoms with Crippen LogP contribution in [-0.4, -0.2) is 96.7 Å². The van der Waals surface area contributed by atoms with Gasteiger partial charge in [0.2, 0.25) is 0 Å². The number of ether oxygens (including phenoxy) is 4. The fourth-order valence-electron chi connectivity index (χ4n) is 13.3. The van der Waals surface area contributed by atoms with Crippen LogP contribution in [-0.2, 0) is 65.4 Å². The van der Waals surface area contributed by atoms with E-state index in [-0.39, 0.29) is 25.7 Å². The van der Waals surface area contributed by atoms with E-state index in [0.717, 1.165) is 114 Å². The van der Waals surface area contributed by atoms with Crippen molar-refractivity contribution < 1.29 is 80.2 Å². The summed E-state index contributed by atoms with van der Waals surface area (Å²) in [6, 6.07) is 0. The highest BCUT2D eigenvalue weighted by Gasteiger charge is 2.30. The Morgan fingerprint density at radius 3 is 0.590 bits per heavy atom. The second-order valence-electron chi connectivity index (χ2n) is 32.8. The van der Waals surface area contributed by atoms with Gasteiger partial charge in [-0.2, -0.15) is 0 Å². The highest BCUT2D eigenvalue weighted by Crippen LogP contribution is 2.45. The molecule has 0 aliphatic carbocycles. The molecule has 0 spiro atoms. The smallest absolute Gasteiger partial charge is 0.462 e. The Labute approximate surface area is 645 Å². The predicted octanol–water partition coefficient (Wildman–Crippen LogP) is 25.9. The van der Waals surface area contributed by atoms with E-state index in [2.05, 4.69) is 55.4 Å². The van der Waals surface area contributed by atoms with Gasteiger partial charge >= 0.3 is 39.5 Å². The lowest BCUT2D eigenvalue weighted by Crippen LogP contribution is -2.30. The summed E-state index contributed by atoms with van der Waals surface area (Å²) in [7, 11) is -9.93. The average Bonchev–Trinajstić information content (AvgIpc) is 0.926. The Bertz CT molecular complexity index is 2040. The third-order valence-electron chi connectivity index (χ3n) is 20.1. The van der Waals surface area contributed by atoms with Crippen LogP contribution in [0.3, 0.4) is 0 Å². The molecule has 17 nitrogen and oxygen atoms in total. The Morgan fingerprint density at radius 2 is 0.400 bits per heavy atom. The highest BCUT2D eigenvalue weighted by molar-refractivity contribution is 7.47. The highest BCUT2D eigenvalue weighted by atomic mass is 31.2. The van der Waals surface area contributed by atoms with Gasteiger partial charge in [-0.1, -0.05) is 396 Å². The van der Waals surface area contributed by atoms with Crippen LogP contribution < -0.4 is 0 Å². The first kappa shape index (κ1) is 103. The lowest BCUT2D eigenvalue weighted by Gasteiger charge is -2.21. The average molecular weight is 1540 g/mol. The summed E-state index contributed by atoms with van der Waals surface area (Å²) in [5.74, 6) is 1.03. The summed E-state index contributed by atoms with van der Waals surface area (Å²) in [4.78, 5) is 73.2. The van der Waals surface area contributed by atoms with E-state index in [4.69, 9.17) is 37.0 Å². The molecule has 0 bridgehead atoms. The van der Waals surface area contributed by atoms with Crippen molar-refractivity contribution in [3.8, 4) is 0 Å². The van der Waals surface area contributed by atoms with Gasteiger partial charge in [0, 0.05) is 25.7 Å². The van der Waals surface area contributed by atoms with Crippen LogP contribution in [0.15, 0.2) is 0 Å². The molecule has 105 heavy (non-hydrogen) atoms. The van der Waals surface area contributed by atoms with Crippen LogP contribution in [0, 0.1) is 23.7 Å². The first-order chi connectivity index (χ1) is 50.6. The largest absolute Gasteiger partial charge is 0.472 e. The molecule has 0 heterocycles. The Balaban J connectivity index is 5.25. The molecule has 0 aliphatic heterocycles. The molecule has 0 fully saturated rings. The molecule has 0 aromatic heterocycles. The third-order valence-corrected chi connectivity index (χ3v) is 22.0. The number of carbonyl (C=O) groups is 4. The number of aliphatic hydroxyl groups is 1. The van der Waals surface area contributed by atoms with Crippen molar-refractivity contribution in [3.63, 3.8) is 0 Å². The third kappa shape index (κ3) is 79.9. The van der Waals surface area contributed by atoms with Gasteiger partial charge in [0.05, 0.1) is 26.4 Å². The SMILES string of the molecule is CC(C)CCCCCCCCCCCCCCCCCCCCC(=O)O[C@H](COC(=O)CCCCCCCCCCCCCCCCCC(C)C)COP(=O)(O)OC[C@@H](O)COP(=O)(O)OC[C@@H](COC(=O)CCCCCCCCCCCCC(C)C)OC(=O)CCCCCCCCCCCCC(C)C. The van der Waals surface area contributed by atoms with Crippen LogP contribution in [0.2, 0.25) is 0 Å². The standard InChI is InChI=1S/C86H168O17P2/c1-76(2)62-54-46-38-30-22-18-14-11-9-10-12-16-21-25-36-44-52-60-68-85(90)102-81(72-96-83(88)66-58-50-42-34-24-20-17-13-15-19-23-31-39-47-55-63-77(3)4)74-100-104(92,93)98-70-80(87)71-99-105(94,95)101-75-82(103-86(91)69-61-53-45-37-29-27-33-41-49-57-65-79(7)8)73-97-84(89)67-59-51-43-35-28-26-32-40-48-56-64-78(5)6/h76-82,87H,9-75H2,1-8H3,(H,92,93)(H,94,95)/t80-,81-,82-/m1/s1. The van der Waals surface area contributed by atoms with E-state index >= 15 is 0 Å². The summed E-state index contributed by atoms with van der Waals surface area (Å²) in [6.07, 6.45) is 63.9. The van der Waals surface area contributed by atoms with Crippen LogP contribution in [0.25, 0.3) is 0 Å². The van der Waals surface area contributed by atoms with Crippen molar-refractivity contribution in [2.45, 2.75) is 465 Å². The monoisotopic (exact) mass is 1540 g/mol. The van der Waals surface area contributed by atoms with Gasteiger partial charge in [-0.25, -0.2) is 9.13 Å². The lowest BCUT2D eigenvalue weighted by atomic mass is 10.0. The number of aliphatic hydroxyl groups excluding tert-OH is 1. The number of hydrogen-bond donors (Lipinski definition) is 3. The Morgan fingerprint density at radius 1 is 0.238 bits per heavy atom. The molecule has 0 amide bonds. The number of esters is 4. The zero-order valence-corrected chi connectivity index (χ0v) is 71.2. The zero-order valence-electron chi connectivity index (χ0n) is 69.4. The van der Waals surface area contributed by atoms with Crippen molar-refractivity contribution in [2.75, 3.05) is 39.6 Å². The van der Waals surface area contributed by atoms with E-state index in [1.54, 1.807) is 0 Å². The molecule has 0 aliphatic rings. The van der Waals surface area contributed by atoms with Crippen molar-refractivity contribution in [2.24, 2.45) is 23.7 Å². The van der Waals surface area contributed by atoms with Crippen LogP contribution in [0.1, 0.15) is 447 Å². The van der Waals surface area contributed by atoms with Gasteiger partial charge in [-0.3, -0.25) is 37.3 Å². The maximum absolute atomic E-state index is 13.2. The molecular weight excluding hydrogens is 1370 g/mol. The van der Waals surface area contributed by atoms with Crippen LogP contribution in [0.5, 0.6) is 0 Å². The summed E-state index contributed by atoms with van der Waals surface area (Å²) in [5.41, 5.74) is 0. The summed E-state index contributed by atoms with van der Waals surface area (Å²) in [5, 5.41) is 10.7. The fraction of sp³-hybridized carbons (Fsp3) is 0.953. The molecule has 0 aromatic carbocycles. The van der Waals surface area contributed by atoms with Crippen molar-refractivity contribution in [1.82, 2.24) is 0 Å². The van der Waals surface area contributed by atoms with E-state index in [1.807, 2.05) is 0 Å². The number of hydrogen-bond acceptors (Lipinski definition) is 15. The minimum Gasteiger partial charge on any atom is -0.462 e. The van der Waals surface area contributed by atoms with Gasteiger partial charge in [-0.05, 0) is 49.4 Å². The minimum absolute atomic E-state index is 0.106. The summed E-state index contributed by atoms with van der Waals surface area (Å²) in [6.45, 7) is 14.3. The van der Waals surface area contributed by atoms with E-state index < -0.39 is 97.5 Å². The maximum Gasteiger partial charge on any atom is 0.472 e. The normalized spacial score (nSPS) is 13.9. The van der Waals surface area contributed by atoms with Gasteiger partial charge < -0.3 is 33.8 Å². The van der Waals surface area contributed by atoms with E-state index in [9.17, 15) is 43.2 Å². The maximum atomic E-state index is 13.2. The molecule has 0 saturated heterocycles. The van der Waals surface area contributed by atoms with E-state index in [0.29, 0.717) is 25.7 Å². The molecule has 0 rings (SSSR count). The topological polar surface area (TPSA) is 237 Å². The van der Waals surface area contributed by atoms with Crippen molar-refractivity contribution in [1.29, 1.82) is 0 Å². The molecule has 0 saturated carbocycles. The molecule has 624 valence electrons. The summed E-state index contributed by atoms with van der Waals surface area (Å²) < 4.78 is 68.9. The molecule has 5 atom stereocenters. The zero-order chi connectivity index (χ0) is 77.4. The Hall–Kier alpha value is -1.94. The fourth-order valence-corrected chi connectivity index (χ4v) is 14.9. The van der Waals surface area contributed by atoms with Gasteiger partial charge in [0.15, 0.2) is 12.2 Å². The number of carbonyl (C=O) groups excluding carboxylic acids is 4. The first-order valence-corrected chi connectivity index (χ1v) is 47.2. The molecular formula is C86H168O17P2. The summed E-state index contributed by atoms with van der Waals surface area (Å²) >= 11 is 0. The second-order valence-corrected chi connectivity index (χ2v) is 35.7. The molecule has 3 N–H and O–H groups in total. The van der Waals surface area contributed by atoms with Crippen molar-refractivity contribution >= 4 is 39.5 Å². The molecule has 2 unspecified atom stereocenters. The predicted molar refractivity (Wildman–Crippen MR) is 432 cm³/mol. The minimum atomic E-state index is -4.97. The molecule has 0 radical (unpaired) electrons. The molecule has 19 heteroatoms. The lowest BCUT2D eigenvalue weighted by molar-refractivity contribution is -0.161. The van der Waals surface area contributed by atoms with Crippen LogP contribution >= 0.6 is 15.6 Å². The van der Waals surface area contributed by atoms with Gasteiger partial charge in [0.1, 0.15) is 19.3 Å². The second kappa shape index (κ2) is 74.8. The number of unbranched alkanes of at least 4 members (excludes halogenated alkanes) is 49. The van der Waals surface area contributed by atoms with Gasteiger partial charge in [-0.15, -0.1) is 0 Å². The first-order valence-electron chi connectivity index (χ1n) is 44.2. The van der Waals surface area contributed by atoms with Gasteiger partial charge in [0.25, 0.3) is 0 Å². The quantitative estimate of drug-likeness (QED) is 0.0222. The number of rotatable bonds is 83. The Kier molecular flexibility index (Phi) is 73.4. The van der Waals surface area contributed by atoms with Crippen molar-refractivity contribution in [3.05, 3.63) is 0 Å². The van der Waals surface area contributed by atoms with E-state index in [1.165, 1.54) is 250 Å². The van der Waals surface area contributed by atoms with Crippen LogP contribution in [0.4, 0.5) is 0 Å². The number of phosphoric acid groups is 2.